The summed E-state index contributed by atoms with van der Waals surface area (Å²) in [7, 11) is -2.94. The van der Waals surface area contributed by atoms with Gasteiger partial charge in [0.25, 0.3) is 0 Å². The quantitative estimate of drug-likeness (QED) is 0.299. The molecule has 0 saturated carbocycles. The fourth-order valence-corrected chi connectivity index (χ4v) is 6.40. The first-order valence-corrected chi connectivity index (χ1v) is 16.6. The third-order valence-electron chi connectivity index (χ3n) is 7.53. The number of nitrogens with zero attached hydrogens (tertiary/aromatic N) is 4. The van der Waals surface area contributed by atoms with Crippen LogP contribution in [0.2, 0.25) is 0 Å². The second kappa shape index (κ2) is 19.6. The van der Waals surface area contributed by atoms with E-state index in [0.717, 1.165) is 11.6 Å². The summed E-state index contributed by atoms with van der Waals surface area (Å²) >= 11 is 0. The van der Waals surface area contributed by atoms with Crippen LogP contribution in [0.3, 0.4) is 0 Å². The minimum atomic E-state index is -2.94. The molecule has 2 saturated heterocycles. The van der Waals surface area contributed by atoms with Crippen LogP contribution in [-0.4, -0.2) is 114 Å². The molecule has 3 rings (SSSR count). The van der Waals surface area contributed by atoms with Crippen LogP contribution in [0.5, 0.6) is 0 Å². The summed E-state index contributed by atoms with van der Waals surface area (Å²) in [5.74, 6) is 0.496. The van der Waals surface area contributed by atoms with Gasteiger partial charge in [0.1, 0.15) is 0 Å². The van der Waals surface area contributed by atoms with Gasteiger partial charge in [0.05, 0.1) is 59.8 Å². The Morgan fingerprint density at radius 2 is 1.87 bits per heavy atom. The van der Waals surface area contributed by atoms with Crippen LogP contribution >= 0.6 is 0 Å². The van der Waals surface area contributed by atoms with Crippen molar-refractivity contribution in [3.8, 4) is 0 Å². The molecule has 45 heavy (non-hydrogen) atoms. The Morgan fingerprint density at radius 1 is 1.24 bits per heavy atom. The molecule has 0 aliphatic carbocycles. The Kier molecular flexibility index (Phi) is 19.8. The van der Waals surface area contributed by atoms with Gasteiger partial charge in [0.2, 0.25) is 5.91 Å². The van der Waals surface area contributed by atoms with E-state index in [1.54, 1.807) is 12.6 Å². The zero-order chi connectivity index (χ0) is 31.3. The van der Waals surface area contributed by atoms with E-state index >= 15 is 0 Å². The Labute approximate surface area is 318 Å². The summed E-state index contributed by atoms with van der Waals surface area (Å²) in [5, 5.41) is 22.1. The summed E-state index contributed by atoms with van der Waals surface area (Å²) in [6.45, 7) is 18.1. The molecule has 1 amide bonds. The molecule has 0 bridgehead atoms. The van der Waals surface area contributed by atoms with Gasteiger partial charge in [-0.25, -0.2) is 13.1 Å². The Morgan fingerprint density at radius 3 is 2.44 bits per heavy atom. The van der Waals surface area contributed by atoms with Gasteiger partial charge in [-0.05, 0) is 54.1 Å². The molecule has 0 radical (unpaired) electrons. The van der Waals surface area contributed by atoms with E-state index in [1.165, 1.54) is 0 Å². The number of aliphatic hydroxyl groups excluding tert-OH is 1. The van der Waals surface area contributed by atoms with E-state index in [4.69, 9.17) is 14.2 Å². The van der Waals surface area contributed by atoms with Crippen molar-refractivity contribution in [2.45, 2.75) is 104 Å². The molecular formula is C30H54N5O7SU2-. The van der Waals surface area contributed by atoms with Crippen molar-refractivity contribution in [1.82, 2.24) is 25.2 Å². The number of carbonyl (C=O) groups is 1. The minimum absolute atomic E-state index is 0. The Balaban J connectivity index is 0.00000645. The number of carbonyl (C=O) groups excluding carboxylic acids is 1. The first-order valence-electron chi connectivity index (χ1n) is 14.8. The van der Waals surface area contributed by atoms with Crippen LogP contribution in [0.4, 0.5) is 0 Å². The van der Waals surface area contributed by atoms with Crippen molar-refractivity contribution >= 4 is 15.7 Å². The van der Waals surface area contributed by atoms with Crippen molar-refractivity contribution in [3.63, 3.8) is 0 Å². The molecule has 12 nitrogen and oxygen atoms in total. The molecule has 3 heterocycles. The standard InChI is InChI=1S/C29H51N5O7S.CH3.2U/c1-20(2)26-24(35)15-25(41-28(4,5)6)23(18-39-26)27(36)30-10-9-21(3)40-19-29(7,8)34-22(16-31-32-34)17-33-11-13-42(37,38)14-12-33;;;/h15-16,21,23-26,35H,9-14,17-19H2,1-8H3,(H,30,36);1H3;;/q-2;-1;;+2/t21?,23?,24-,25-,26-;;;/m0.../s1. The summed E-state index contributed by atoms with van der Waals surface area (Å²) in [6, 6.07) is 0. The predicted octanol–water partition coefficient (Wildman–Crippen LogP) is 1.98. The maximum Gasteiger partial charge on any atom is 2.00 e. The predicted molar refractivity (Wildman–Crippen MR) is 165 cm³/mol. The Hall–Kier alpha value is 0.464. The smallest absolute Gasteiger partial charge is 0.425 e. The maximum atomic E-state index is 13.2. The summed E-state index contributed by atoms with van der Waals surface area (Å²) in [5.41, 5.74) is -0.0831. The Bertz CT molecular complexity index is 1120. The molecular weight excluding hydrogens is 1050 g/mol. The van der Waals surface area contributed by atoms with Crippen molar-refractivity contribution in [3.05, 3.63) is 31.7 Å². The molecule has 5 atom stereocenters. The van der Waals surface area contributed by atoms with Crippen molar-refractivity contribution in [2.75, 3.05) is 44.4 Å². The molecule has 2 fully saturated rings. The largest absolute Gasteiger partial charge is 2.00 e. The first-order chi connectivity index (χ1) is 19.5. The van der Waals surface area contributed by atoms with Gasteiger partial charge >= 0.3 is 31.1 Å². The fraction of sp³-hybridized carbons (Fsp3) is 0.800. The van der Waals surface area contributed by atoms with Crippen LogP contribution in [0, 0.1) is 87.9 Å². The SMILES string of the molecule is C[C-](C)[C@@H]1OCC(C(=O)NCCC(C)OCC(C)(C)n2nncc2CN2CCS(=O)(=O)CC2)[C@@H](OC(C)(C)C)[CH-][C@@H]1O.[CH3-].[U+2].[U]. The number of aromatic nitrogens is 3. The number of rotatable bonds is 12. The number of aliphatic hydroxyl groups is 1. The van der Waals surface area contributed by atoms with E-state index < -0.39 is 45.2 Å². The third kappa shape index (κ3) is 14.5. The fourth-order valence-electron chi connectivity index (χ4n) is 5.12. The van der Waals surface area contributed by atoms with E-state index in [9.17, 15) is 18.3 Å². The number of amides is 1. The van der Waals surface area contributed by atoms with Gasteiger partial charge in [-0.3, -0.25) is 22.0 Å². The second-order valence-corrected chi connectivity index (χ2v) is 15.7. The average molecular weight is 1100 g/mol. The number of hydrogen-bond acceptors (Lipinski definition) is 10. The van der Waals surface area contributed by atoms with E-state index in [0.29, 0.717) is 39.2 Å². The number of nitrogens with one attached hydrogen (secondary N) is 1. The summed E-state index contributed by atoms with van der Waals surface area (Å²) in [4.78, 5) is 15.4. The molecule has 2 N–H and O–H groups in total. The molecule has 2 aliphatic rings. The molecule has 0 aromatic carbocycles. The van der Waals surface area contributed by atoms with E-state index in [2.05, 4.69) is 20.5 Å². The average Bonchev–Trinajstić information content (AvgIpc) is 3.28. The zero-order valence-electron chi connectivity index (χ0n) is 28.5. The summed E-state index contributed by atoms with van der Waals surface area (Å²) < 4.78 is 43.7. The number of ether oxygens (including phenoxy) is 3. The molecule has 1 aromatic rings. The number of hydrogen-bond donors (Lipinski definition) is 2. The monoisotopic (exact) mass is 1100 g/mol. The molecule has 1 aromatic heterocycles. The van der Waals surface area contributed by atoms with Gasteiger partial charge in [-0.2, -0.15) is 13.8 Å². The zero-order valence-corrected chi connectivity index (χ0v) is 37.6. The van der Waals surface area contributed by atoms with Crippen LogP contribution in [-0.2, 0) is 40.9 Å². The van der Waals surface area contributed by atoms with Crippen molar-refractivity contribution < 1.29 is 94.8 Å². The van der Waals surface area contributed by atoms with Crippen LogP contribution in [0.25, 0.3) is 0 Å². The molecule has 2 unspecified atom stereocenters. The number of sulfone groups is 1. The van der Waals surface area contributed by atoms with Crippen molar-refractivity contribution in [1.29, 1.82) is 0 Å². The van der Waals surface area contributed by atoms with Gasteiger partial charge < -0.3 is 32.1 Å². The van der Waals surface area contributed by atoms with Gasteiger partial charge in [0, 0.05) is 57.3 Å². The van der Waals surface area contributed by atoms with Crippen LogP contribution in [0.15, 0.2) is 6.20 Å². The molecule has 256 valence electrons. The van der Waals surface area contributed by atoms with Gasteiger partial charge in [-0.1, -0.05) is 17.4 Å². The first kappa shape index (κ1) is 45.5. The second-order valence-electron chi connectivity index (χ2n) is 13.4. The molecule has 2 aliphatic heterocycles. The van der Waals surface area contributed by atoms with E-state index in [-0.39, 0.29) is 99.8 Å². The van der Waals surface area contributed by atoms with Crippen LogP contribution in [0.1, 0.15) is 67.5 Å². The summed E-state index contributed by atoms with van der Waals surface area (Å²) in [6.07, 6.45) is 1.93. The maximum absolute atomic E-state index is 13.2. The van der Waals surface area contributed by atoms with E-state index in [1.807, 2.05) is 60.1 Å². The minimum Gasteiger partial charge on any atom is -0.425 e. The van der Waals surface area contributed by atoms with Gasteiger partial charge in [0.15, 0.2) is 9.84 Å². The van der Waals surface area contributed by atoms with Gasteiger partial charge in [-0.15, -0.1) is 5.10 Å². The molecule has 0 spiro atoms. The molecule has 15 heteroatoms. The topological polar surface area (TPSA) is 145 Å². The van der Waals surface area contributed by atoms with Crippen molar-refractivity contribution in [2.24, 2.45) is 5.92 Å². The van der Waals surface area contributed by atoms with Crippen LogP contribution < -0.4 is 5.32 Å². The normalized spacial score (nSPS) is 24.8. The third-order valence-corrected chi connectivity index (χ3v) is 9.14.